The van der Waals surface area contributed by atoms with E-state index in [2.05, 4.69) is 5.10 Å². The Balaban J connectivity index is 2.28. The van der Waals surface area contributed by atoms with Gasteiger partial charge in [-0.3, -0.25) is 9.80 Å². The molecule has 0 radical (unpaired) electrons. The van der Waals surface area contributed by atoms with Gasteiger partial charge in [-0.1, -0.05) is 18.2 Å². The number of hydrazone groups is 1. The summed E-state index contributed by atoms with van der Waals surface area (Å²) < 4.78 is 4.89. The first kappa shape index (κ1) is 13.1. The topological polar surface area (TPSA) is 85.0 Å². The molecule has 1 heterocycles. The van der Waals surface area contributed by atoms with Crippen molar-refractivity contribution < 1.29 is 14.3 Å². The summed E-state index contributed by atoms with van der Waals surface area (Å²) in [5.74, 6) is -1.03. The molecule has 1 aliphatic heterocycles. The van der Waals surface area contributed by atoms with Crippen molar-refractivity contribution in [3.63, 3.8) is 0 Å². The minimum atomic E-state index is -0.651. The molecule has 1 aromatic carbocycles. The molecule has 1 atom stereocenters. The monoisotopic (exact) mass is 261 g/mol. The highest BCUT2D eigenvalue weighted by molar-refractivity contribution is 6.38. The second-order valence-corrected chi connectivity index (χ2v) is 4.07. The van der Waals surface area contributed by atoms with Gasteiger partial charge in [-0.05, 0) is 19.1 Å². The fourth-order valence-electron chi connectivity index (χ4n) is 1.89. The fraction of sp³-hybridized carbons (Fsp3) is 0.308. The number of ether oxygens (including phenoxy) is 1. The Kier molecular flexibility index (Phi) is 3.79. The van der Waals surface area contributed by atoms with Crippen LogP contribution in [0, 0.1) is 0 Å². The molecule has 100 valence electrons. The number of nitrogens with two attached hydrogens (primary N) is 1. The Morgan fingerprint density at radius 2 is 2.11 bits per heavy atom. The van der Waals surface area contributed by atoms with E-state index in [4.69, 9.17) is 10.5 Å². The quantitative estimate of drug-likeness (QED) is 0.807. The van der Waals surface area contributed by atoms with Crippen molar-refractivity contribution in [3.8, 4) is 0 Å². The number of hydrogen-bond donors (Lipinski definition) is 1. The summed E-state index contributed by atoms with van der Waals surface area (Å²) in [4.78, 5) is 23.1. The van der Waals surface area contributed by atoms with E-state index in [1.807, 2.05) is 18.2 Å². The third-order valence-electron chi connectivity index (χ3n) is 2.77. The van der Waals surface area contributed by atoms with E-state index in [1.165, 1.54) is 5.01 Å². The fourth-order valence-corrected chi connectivity index (χ4v) is 1.89. The number of anilines is 1. The maximum absolute atomic E-state index is 11.7. The average Bonchev–Trinajstić information content (AvgIpc) is 2.85. The minimum absolute atomic E-state index is 0.170. The Hall–Kier alpha value is -2.37. The molecule has 0 aliphatic carbocycles. The zero-order valence-corrected chi connectivity index (χ0v) is 10.6. The van der Waals surface area contributed by atoms with Crippen LogP contribution in [0.4, 0.5) is 5.69 Å². The lowest BCUT2D eigenvalue weighted by atomic mass is 10.1. The first-order valence-corrected chi connectivity index (χ1v) is 6.01. The van der Waals surface area contributed by atoms with Crippen molar-refractivity contribution in [3.05, 3.63) is 30.3 Å². The summed E-state index contributed by atoms with van der Waals surface area (Å²) in [6.45, 7) is 1.98. The Bertz CT molecular complexity index is 513. The smallest absolute Gasteiger partial charge is 0.354 e. The molecule has 6 nitrogen and oxygen atoms in total. The van der Waals surface area contributed by atoms with Gasteiger partial charge in [0.2, 0.25) is 5.91 Å². The molecule has 0 bridgehead atoms. The van der Waals surface area contributed by atoms with E-state index in [0.717, 1.165) is 0 Å². The van der Waals surface area contributed by atoms with Gasteiger partial charge in [0.15, 0.2) is 0 Å². The molecule has 1 aliphatic rings. The average molecular weight is 261 g/mol. The summed E-state index contributed by atoms with van der Waals surface area (Å²) in [5, 5.41) is 5.62. The molecule has 0 unspecified atom stereocenters. The summed E-state index contributed by atoms with van der Waals surface area (Å²) in [6.07, 6.45) is 0.170. The number of para-hydroxylation sites is 1. The van der Waals surface area contributed by atoms with E-state index in [0.29, 0.717) is 5.69 Å². The van der Waals surface area contributed by atoms with Crippen LogP contribution in [0.3, 0.4) is 0 Å². The zero-order chi connectivity index (χ0) is 13.8. The molecule has 6 heteroatoms. The molecule has 1 amide bonds. The lowest BCUT2D eigenvalue weighted by Crippen LogP contribution is -2.39. The van der Waals surface area contributed by atoms with Gasteiger partial charge in [0.1, 0.15) is 11.8 Å². The van der Waals surface area contributed by atoms with E-state index in [9.17, 15) is 9.59 Å². The van der Waals surface area contributed by atoms with Crippen LogP contribution in [0.25, 0.3) is 0 Å². The number of hydrogen-bond acceptors (Lipinski definition) is 5. The van der Waals surface area contributed by atoms with Crippen LogP contribution in [0.2, 0.25) is 0 Å². The highest BCUT2D eigenvalue weighted by atomic mass is 16.5. The van der Waals surface area contributed by atoms with E-state index in [-0.39, 0.29) is 18.7 Å². The number of amides is 1. The molecule has 2 rings (SSSR count). The Morgan fingerprint density at radius 1 is 1.42 bits per heavy atom. The van der Waals surface area contributed by atoms with Crippen molar-refractivity contribution in [2.24, 2.45) is 10.8 Å². The Morgan fingerprint density at radius 3 is 2.68 bits per heavy atom. The maximum atomic E-state index is 11.7. The van der Waals surface area contributed by atoms with Crippen LogP contribution in [-0.2, 0) is 14.3 Å². The predicted octanol–water partition coefficient (Wildman–Crippen LogP) is 0.670. The predicted molar refractivity (Wildman–Crippen MR) is 70.6 cm³/mol. The first-order chi connectivity index (χ1) is 9.13. The van der Waals surface area contributed by atoms with Crippen LogP contribution in [0.15, 0.2) is 35.4 Å². The SMILES string of the molecule is CCOC(=O)C1=NN(c2ccccc2)[C@H](C(N)=O)C1. The number of benzene rings is 1. The van der Waals surface area contributed by atoms with Crippen molar-refractivity contribution in [1.82, 2.24) is 0 Å². The molecule has 0 spiro atoms. The van der Waals surface area contributed by atoms with Gasteiger partial charge in [-0.15, -0.1) is 0 Å². The molecular formula is C13H15N3O3. The molecular weight excluding hydrogens is 246 g/mol. The molecule has 0 saturated carbocycles. The third-order valence-corrected chi connectivity index (χ3v) is 2.77. The second kappa shape index (κ2) is 5.51. The van der Waals surface area contributed by atoms with Gasteiger partial charge in [0, 0.05) is 6.42 Å². The number of carbonyl (C=O) groups excluding carboxylic acids is 2. The highest BCUT2D eigenvalue weighted by Crippen LogP contribution is 2.24. The van der Waals surface area contributed by atoms with Gasteiger partial charge in [0.25, 0.3) is 0 Å². The number of primary amides is 1. The standard InChI is InChI=1S/C13H15N3O3/c1-2-19-13(18)10-8-11(12(14)17)16(15-10)9-6-4-3-5-7-9/h3-7,11H,2,8H2,1H3,(H2,14,17)/t11-/m0/s1. The van der Waals surface area contributed by atoms with Crippen molar-refractivity contribution >= 4 is 23.3 Å². The molecule has 2 N–H and O–H groups in total. The van der Waals surface area contributed by atoms with E-state index >= 15 is 0 Å². The lowest BCUT2D eigenvalue weighted by molar-refractivity contribution is -0.135. The summed E-state index contributed by atoms with van der Waals surface area (Å²) in [6, 6.07) is 8.45. The van der Waals surface area contributed by atoms with E-state index < -0.39 is 17.9 Å². The van der Waals surface area contributed by atoms with Gasteiger partial charge in [0.05, 0.1) is 12.3 Å². The molecule has 19 heavy (non-hydrogen) atoms. The van der Waals surface area contributed by atoms with Crippen LogP contribution < -0.4 is 10.7 Å². The van der Waals surface area contributed by atoms with Crippen molar-refractivity contribution in [1.29, 1.82) is 0 Å². The summed E-state index contributed by atoms with van der Waals surface area (Å²) >= 11 is 0. The number of nitrogens with zero attached hydrogens (tertiary/aromatic N) is 2. The third kappa shape index (κ3) is 2.73. The molecule has 0 saturated heterocycles. The zero-order valence-electron chi connectivity index (χ0n) is 10.6. The van der Waals surface area contributed by atoms with Crippen molar-refractivity contribution in [2.45, 2.75) is 19.4 Å². The summed E-state index contributed by atoms with van der Waals surface area (Å²) in [5.41, 5.74) is 6.29. The van der Waals surface area contributed by atoms with Crippen LogP contribution in [-0.4, -0.2) is 30.2 Å². The lowest BCUT2D eigenvalue weighted by Gasteiger charge is -2.20. The number of rotatable bonds is 4. The van der Waals surface area contributed by atoms with E-state index in [1.54, 1.807) is 19.1 Å². The summed E-state index contributed by atoms with van der Waals surface area (Å²) in [7, 11) is 0. The normalized spacial score (nSPS) is 18.1. The van der Waals surface area contributed by atoms with Crippen LogP contribution in [0.5, 0.6) is 0 Å². The molecule has 0 fully saturated rings. The Labute approximate surface area is 110 Å². The highest BCUT2D eigenvalue weighted by Gasteiger charge is 2.35. The second-order valence-electron chi connectivity index (χ2n) is 4.07. The number of carbonyl (C=O) groups is 2. The van der Waals surface area contributed by atoms with Crippen LogP contribution >= 0.6 is 0 Å². The van der Waals surface area contributed by atoms with Gasteiger partial charge < -0.3 is 10.5 Å². The maximum Gasteiger partial charge on any atom is 0.354 e. The van der Waals surface area contributed by atoms with Gasteiger partial charge in [-0.25, -0.2) is 4.79 Å². The number of esters is 1. The van der Waals surface area contributed by atoms with Crippen molar-refractivity contribution in [2.75, 3.05) is 11.6 Å². The molecule has 0 aromatic heterocycles. The largest absolute Gasteiger partial charge is 0.461 e. The van der Waals surface area contributed by atoms with Crippen LogP contribution in [0.1, 0.15) is 13.3 Å². The minimum Gasteiger partial charge on any atom is -0.461 e. The first-order valence-electron chi connectivity index (χ1n) is 6.01. The van der Waals surface area contributed by atoms with Gasteiger partial charge >= 0.3 is 5.97 Å². The van der Waals surface area contributed by atoms with Gasteiger partial charge in [-0.2, -0.15) is 5.10 Å². The molecule has 1 aromatic rings.